The van der Waals surface area contributed by atoms with Crippen LogP contribution in [0.2, 0.25) is 0 Å². The zero-order valence-corrected chi connectivity index (χ0v) is 15.7. The monoisotopic (exact) mass is 382 g/mol. The largest absolute Gasteiger partial charge is 0.481 e. The lowest BCUT2D eigenvalue weighted by Gasteiger charge is -2.07. The molecule has 0 aliphatic heterocycles. The molecule has 0 aliphatic carbocycles. The Bertz CT molecular complexity index is 993. The molecule has 0 aromatic carbocycles. The number of aromatic nitrogens is 4. The van der Waals surface area contributed by atoms with Gasteiger partial charge in [0, 0.05) is 25.0 Å². The number of rotatable bonds is 8. The number of carbonyl (C=O) groups excluding carboxylic acids is 1. The Morgan fingerprint density at radius 3 is 2.82 bits per heavy atom. The Morgan fingerprint density at radius 1 is 1.25 bits per heavy atom. The van der Waals surface area contributed by atoms with Gasteiger partial charge in [-0.05, 0) is 44.3 Å². The van der Waals surface area contributed by atoms with Crippen LogP contribution in [0.5, 0.6) is 5.88 Å². The van der Waals surface area contributed by atoms with Crippen LogP contribution < -0.4 is 20.9 Å². The maximum atomic E-state index is 12.4. The minimum atomic E-state index is -0.280. The average Bonchev–Trinajstić information content (AvgIpc) is 3.12. The summed E-state index contributed by atoms with van der Waals surface area (Å²) in [7, 11) is 3.38. The number of carbonyl (C=O) groups is 1. The maximum absolute atomic E-state index is 12.4. The van der Waals surface area contributed by atoms with Crippen molar-refractivity contribution in [3.05, 3.63) is 58.6 Å². The van der Waals surface area contributed by atoms with E-state index in [1.807, 2.05) is 7.05 Å². The topological polar surface area (TPSA) is 114 Å². The summed E-state index contributed by atoms with van der Waals surface area (Å²) in [4.78, 5) is 32.9. The molecule has 0 saturated heterocycles. The van der Waals surface area contributed by atoms with Gasteiger partial charge < -0.3 is 15.4 Å². The summed E-state index contributed by atoms with van der Waals surface area (Å²) in [6.45, 7) is 1.41. The number of nitrogens with zero attached hydrogens (tertiary/aromatic N) is 3. The van der Waals surface area contributed by atoms with E-state index in [2.05, 4.69) is 25.7 Å². The summed E-state index contributed by atoms with van der Waals surface area (Å²) < 4.78 is 6.54. The number of pyridine rings is 2. The van der Waals surface area contributed by atoms with E-state index in [0.717, 1.165) is 13.0 Å². The lowest BCUT2D eigenvalue weighted by atomic mass is 10.2. The molecule has 3 aromatic heterocycles. The number of hydrogen-bond donors (Lipinski definition) is 3. The van der Waals surface area contributed by atoms with Gasteiger partial charge in [-0.15, -0.1) is 0 Å². The lowest BCUT2D eigenvalue weighted by Crippen LogP contribution is -2.26. The molecule has 0 saturated carbocycles. The Kier molecular flexibility index (Phi) is 6.18. The van der Waals surface area contributed by atoms with Crippen LogP contribution in [-0.4, -0.2) is 52.9 Å². The first-order chi connectivity index (χ1) is 13.6. The fraction of sp³-hybridized carbons (Fsp3) is 0.263. The van der Waals surface area contributed by atoms with E-state index < -0.39 is 0 Å². The van der Waals surface area contributed by atoms with E-state index in [0.29, 0.717) is 35.1 Å². The van der Waals surface area contributed by atoms with E-state index in [1.165, 1.54) is 24.1 Å². The summed E-state index contributed by atoms with van der Waals surface area (Å²) in [5.41, 5.74) is 1.38. The van der Waals surface area contributed by atoms with Crippen LogP contribution in [0.1, 0.15) is 16.8 Å². The molecular formula is C19H22N6O3. The van der Waals surface area contributed by atoms with Gasteiger partial charge in [0.15, 0.2) is 5.82 Å². The van der Waals surface area contributed by atoms with E-state index >= 15 is 0 Å². The first kappa shape index (κ1) is 19.3. The number of nitrogens with one attached hydrogen (secondary N) is 3. The maximum Gasteiger partial charge on any atom is 0.273 e. The minimum absolute atomic E-state index is 0.199. The highest BCUT2D eigenvalue weighted by Gasteiger charge is 2.13. The van der Waals surface area contributed by atoms with E-state index in [1.54, 1.807) is 30.5 Å². The molecule has 1 amide bonds. The number of ether oxygens (including phenoxy) is 1. The van der Waals surface area contributed by atoms with Gasteiger partial charge in [-0.2, -0.15) is 0 Å². The number of methoxy groups -OCH3 is 1. The first-order valence-corrected chi connectivity index (χ1v) is 8.84. The molecule has 146 valence electrons. The van der Waals surface area contributed by atoms with Crippen molar-refractivity contribution in [2.45, 2.75) is 6.42 Å². The van der Waals surface area contributed by atoms with Gasteiger partial charge >= 0.3 is 0 Å². The Hall–Kier alpha value is -3.46. The molecule has 9 nitrogen and oxygen atoms in total. The van der Waals surface area contributed by atoms with E-state index in [4.69, 9.17) is 4.74 Å². The molecule has 0 aliphatic rings. The molecule has 0 unspecified atom stereocenters. The quantitative estimate of drug-likeness (QED) is 0.500. The predicted molar refractivity (Wildman–Crippen MR) is 105 cm³/mol. The molecule has 3 rings (SSSR count). The number of amides is 1. The molecule has 0 spiro atoms. The van der Waals surface area contributed by atoms with Crippen LogP contribution in [0.3, 0.4) is 0 Å². The van der Waals surface area contributed by atoms with Gasteiger partial charge in [-0.25, -0.2) is 14.6 Å². The molecule has 0 fully saturated rings. The number of hydrogen-bond acceptors (Lipinski definition) is 6. The number of aromatic amines is 1. The standard InChI is InChI=1S/C19H22N6O3/c1-20-8-4-10-21-18(27)13-6-7-16(23-12-13)25-17(26)11-15(24-25)14-5-3-9-22-19(14)28-2/h3,5-7,9,11-12,20,24H,4,8,10H2,1-2H3,(H,21,27). The summed E-state index contributed by atoms with van der Waals surface area (Å²) in [6.07, 6.45) is 3.90. The molecule has 28 heavy (non-hydrogen) atoms. The van der Waals surface area contributed by atoms with Gasteiger partial charge in [0.05, 0.1) is 23.9 Å². The average molecular weight is 382 g/mol. The van der Waals surface area contributed by atoms with E-state index in [-0.39, 0.29) is 11.5 Å². The van der Waals surface area contributed by atoms with Crippen molar-refractivity contribution in [3.8, 4) is 23.0 Å². The fourth-order valence-electron chi connectivity index (χ4n) is 2.68. The van der Waals surface area contributed by atoms with Crippen LogP contribution in [0.4, 0.5) is 0 Å². The minimum Gasteiger partial charge on any atom is -0.481 e. The van der Waals surface area contributed by atoms with Crippen molar-refractivity contribution in [1.82, 2.24) is 30.4 Å². The smallest absolute Gasteiger partial charge is 0.273 e. The fourth-order valence-corrected chi connectivity index (χ4v) is 2.68. The first-order valence-electron chi connectivity index (χ1n) is 8.84. The normalized spacial score (nSPS) is 10.6. The SMILES string of the molecule is CNCCCNC(=O)c1ccc(-n2[nH]c(-c3cccnc3OC)cc2=O)nc1. The van der Waals surface area contributed by atoms with Crippen molar-refractivity contribution in [2.24, 2.45) is 0 Å². The third-order valence-electron chi connectivity index (χ3n) is 4.10. The molecule has 9 heteroatoms. The second kappa shape index (κ2) is 8.96. The highest BCUT2D eigenvalue weighted by Crippen LogP contribution is 2.25. The van der Waals surface area contributed by atoms with Crippen molar-refractivity contribution in [3.63, 3.8) is 0 Å². The molecule has 0 atom stereocenters. The van der Waals surface area contributed by atoms with Gasteiger partial charge in [0.25, 0.3) is 11.5 Å². The summed E-state index contributed by atoms with van der Waals surface area (Å²) in [6, 6.07) is 8.26. The summed E-state index contributed by atoms with van der Waals surface area (Å²) in [5, 5.41) is 8.85. The zero-order valence-electron chi connectivity index (χ0n) is 15.7. The van der Waals surface area contributed by atoms with Crippen LogP contribution in [0.25, 0.3) is 17.1 Å². The lowest BCUT2D eigenvalue weighted by molar-refractivity contribution is 0.0953. The summed E-state index contributed by atoms with van der Waals surface area (Å²) >= 11 is 0. The zero-order chi connectivity index (χ0) is 19.9. The third kappa shape index (κ3) is 4.26. The van der Waals surface area contributed by atoms with Gasteiger partial charge in [-0.3, -0.25) is 14.7 Å². The van der Waals surface area contributed by atoms with Crippen molar-refractivity contribution in [1.29, 1.82) is 0 Å². The molecule has 0 radical (unpaired) electrons. The number of H-pyrrole nitrogens is 1. The van der Waals surface area contributed by atoms with E-state index in [9.17, 15) is 9.59 Å². The van der Waals surface area contributed by atoms with Crippen molar-refractivity contribution < 1.29 is 9.53 Å². The second-order valence-electron chi connectivity index (χ2n) is 6.02. The van der Waals surface area contributed by atoms with Crippen molar-refractivity contribution in [2.75, 3.05) is 27.2 Å². The molecule has 3 heterocycles. The summed E-state index contributed by atoms with van der Waals surface area (Å²) in [5.74, 6) is 0.592. The molecule has 3 N–H and O–H groups in total. The molecule has 3 aromatic rings. The Labute approximate surface area is 161 Å². The van der Waals surface area contributed by atoms with Crippen LogP contribution in [0, 0.1) is 0 Å². The van der Waals surface area contributed by atoms with Crippen LogP contribution >= 0.6 is 0 Å². The third-order valence-corrected chi connectivity index (χ3v) is 4.10. The van der Waals surface area contributed by atoms with Gasteiger partial charge in [0.1, 0.15) is 0 Å². The van der Waals surface area contributed by atoms with Crippen LogP contribution in [0.15, 0.2) is 47.5 Å². The Morgan fingerprint density at radius 2 is 2.11 bits per heavy atom. The van der Waals surface area contributed by atoms with Gasteiger partial charge in [-0.1, -0.05) is 0 Å². The molecular weight excluding hydrogens is 360 g/mol. The highest BCUT2D eigenvalue weighted by atomic mass is 16.5. The molecule has 0 bridgehead atoms. The van der Waals surface area contributed by atoms with Gasteiger partial charge in [0.2, 0.25) is 5.88 Å². The Balaban J connectivity index is 1.78. The second-order valence-corrected chi connectivity index (χ2v) is 6.02. The highest BCUT2D eigenvalue weighted by molar-refractivity contribution is 5.93. The van der Waals surface area contributed by atoms with Crippen molar-refractivity contribution >= 4 is 5.91 Å². The van der Waals surface area contributed by atoms with Crippen LogP contribution in [-0.2, 0) is 0 Å². The predicted octanol–water partition coefficient (Wildman–Crippen LogP) is 0.971.